The summed E-state index contributed by atoms with van der Waals surface area (Å²) in [4.78, 5) is 22.7. The van der Waals surface area contributed by atoms with Gasteiger partial charge in [-0.3, -0.25) is 9.78 Å². The number of aliphatic hydroxyl groups excluding tert-OH is 1. The second-order valence-corrected chi connectivity index (χ2v) is 10.2. The molecule has 0 unspecified atom stereocenters. The average molecular weight is 523 g/mol. The number of carbonyl (C=O) groups excluding carboxylic acids is 1. The van der Waals surface area contributed by atoms with Crippen molar-refractivity contribution in [3.63, 3.8) is 0 Å². The first kappa shape index (κ1) is 26.5. The van der Waals surface area contributed by atoms with Gasteiger partial charge in [-0.1, -0.05) is 31.6 Å². The van der Waals surface area contributed by atoms with Gasteiger partial charge in [0.15, 0.2) is 5.13 Å². The zero-order valence-corrected chi connectivity index (χ0v) is 20.9. The van der Waals surface area contributed by atoms with Gasteiger partial charge in [0.1, 0.15) is 17.3 Å². The molecular weight excluding hydrogens is 491 g/mol. The van der Waals surface area contributed by atoms with Crippen molar-refractivity contribution in [1.82, 2.24) is 14.9 Å². The molecule has 1 aliphatic rings. The number of nitrogens with one attached hydrogen (secondary N) is 1. The van der Waals surface area contributed by atoms with E-state index in [1.165, 1.54) is 34.4 Å². The molecule has 0 bridgehead atoms. The van der Waals surface area contributed by atoms with Crippen LogP contribution in [-0.2, 0) is 0 Å². The van der Waals surface area contributed by atoms with Crippen molar-refractivity contribution in [3.05, 3.63) is 66.1 Å². The molecule has 0 saturated heterocycles. The largest absolute Gasteiger partial charge is 0.457 e. The number of hydrogen-bond acceptors (Lipinski definition) is 7. The lowest BCUT2D eigenvalue weighted by atomic mass is 9.93. The third kappa shape index (κ3) is 5.89. The van der Waals surface area contributed by atoms with Crippen LogP contribution in [0, 0.1) is 5.82 Å². The summed E-state index contributed by atoms with van der Waals surface area (Å²) in [6.07, 6.45) is 5.11. The fourth-order valence-electron chi connectivity index (χ4n) is 4.34. The number of fused-ring (bicyclic) bond motifs is 1. The number of hydrogen-bond donors (Lipinski definition) is 2. The van der Waals surface area contributed by atoms with Gasteiger partial charge in [0.05, 0.1) is 28.1 Å². The van der Waals surface area contributed by atoms with Crippen LogP contribution in [0.3, 0.4) is 0 Å². The van der Waals surface area contributed by atoms with Gasteiger partial charge in [-0.25, -0.2) is 9.37 Å². The second kappa shape index (κ2) is 11.2. The van der Waals surface area contributed by atoms with E-state index >= 15 is 0 Å². The van der Waals surface area contributed by atoms with Crippen molar-refractivity contribution in [2.75, 3.05) is 19.4 Å². The first-order valence-electron chi connectivity index (χ1n) is 11.9. The second-order valence-electron chi connectivity index (χ2n) is 9.12. The molecule has 2 N–H and O–H groups in total. The summed E-state index contributed by atoms with van der Waals surface area (Å²) in [6.45, 7) is 0. The maximum Gasteiger partial charge on any atom is 0.253 e. The van der Waals surface area contributed by atoms with E-state index in [1.54, 1.807) is 32.4 Å². The number of carbonyl (C=O) groups is 1. The molecule has 1 amide bonds. The van der Waals surface area contributed by atoms with E-state index in [0.717, 1.165) is 41.0 Å². The van der Waals surface area contributed by atoms with Crippen LogP contribution in [0.25, 0.3) is 21.5 Å². The highest BCUT2D eigenvalue weighted by Gasteiger charge is 2.23. The Morgan fingerprint density at radius 1 is 1.11 bits per heavy atom. The molecule has 4 aromatic rings. The van der Waals surface area contributed by atoms with Gasteiger partial charge in [0.25, 0.3) is 5.91 Å². The summed E-state index contributed by atoms with van der Waals surface area (Å²) in [7, 11) is 3.30. The van der Waals surface area contributed by atoms with Crippen molar-refractivity contribution >= 4 is 32.6 Å². The highest BCUT2D eigenvalue weighted by atomic mass is 32.1. The number of rotatable bonds is 6. The molecule has 2 atom stereocenters. The molecule has 0 spiro atoms. The highest BCUT2D eigenvalue weighted by molar-refractivity contribution is 7.22. The van der Waals surface area contributed by atoms with Gasteiger partial charge in [-0.15, -0.1) is 0 Å². The van der Waals surface area contributed by atoms with Crippen LogP contribution in [0.1, 0.15) is 43.5 Å². The van der Waals surface area contributed by atoms with Crippen molar-refractivity contribution in [1.29, 1.82) is 0 Å². The highest BCUT2D eigenvalue weighted by Crippen LogP contribution is 2.34. The fourth-order valence-corrected chi connectivity index (χ4v) is 5.30. The molecule has 194 valence electrons. The normalized spacial score (nSPS) is 17.2. The number of thiazole rings is 1. The topological polar surface area (TPSA) is 87.6 Å². The van der Waals surface area contributed by atoms with E-state index in [0.29, 0.717) is 22.8 Å². The number of nitrogens with zero attached hydrogens (tertiary/aromatic N) is 3. The van der Waals surface area contributed by atoms with Gasteiger partial charge in [0, 0.05) is 43.6 Å². The van der Waals surface area contributed by atoms with Gasteiger partial charge >= 0.3 is 0 Å². The Morgan fingerprint density at radius 3 is 2.68 bits per heavy atom. The first-order valence-corrected chi connectivity index (χ1v) is 12.7. The average Bonchev–Trinajstić information content (AvgIpc) is 3.27. The third-order valence-corrected chi connectivity index (χ3v) is 7.21. The van der Waals surface area contributed by atoms with Crippen molar-refractivity contribution in [3.8, 4) is 22.8 Å². The van der Waals surface area contributed by atoms with Crippen molar-refractivity contribution in [2.24, 2.45) is 0 Å². The molecular formula is C28H31FN4O3S. The van der Waals surface area contributed by atoms with E-state index in [-0.39, 0.29) is 31.0 Å². The predicted octanol–water partition coefficient (Wildman–Crippen LogP) is 6.34. The lowest BCUT2D eigenvalue weighted by Crippen LogP contribution is -2.36. The Bertz CT molecular complexity index is 1410. The van der Waals surface area contributed by atoms with Crippen LogP contribution in [0.4, 0.5) is 9.52 Å². The van der Waals surface area contributed by atoms with Crippen LogP contribution in [-0.4, -0.2) is 52.1 Å². The maximum atomic E-state index is 14.6. The SMILES string of the molecule is C.CN(C)C(=O)c1ccc(F)c(-c2cc(Oc3ccc4nc(N[C@@H]5CCCC[C@H]5O)sc4c3)ccn2)c1. The zero-order chi connectivity index (χ0) is 25.2. The summed E-state index contributed by atoms with van der Waals surface area (Å²) >= 11 is 1.52. The number of aliphatic hydroxyl groups is 1. The predicted molar refractivity (Wildman–Crippen MR) is 146 cm³/mol. The minimum atomic E-state index is -0.468. The molecule has 7 nitrogen and oxygen atoms in total. The summed E-state index contributed by atoms with van der Waals surface area (Å²) < 4.78 is 21.6. The van der Waals surface area contributed by atoms with Crippen LogP contribution < -0.4 is 10.1 Å². The number of amides is 1. The van der Waals surface area contributed by atoms with E-state index in [4.69, 9.17) is 4.74 Å². The van der Waals surface area contributed by atoms with Gasteiger partial charge < -0.3 is 20.1 Å². The summed E-state index contributed by atoms with van der Waals surface area (Å²) in [5.41, 5.74) is 1.83. The monoisotopic (exact) mass is 522 g/mol. The van der Waals surface area contributed by atoms with Crippen LogP contribution in [0.2, 0.25) is 0 Å². The molecule has 9 heteroatoms. The molecule has 2 heterocycles. The van der Waals surface area contributed by atoms with Crippen LogP contribution in [0.15, 0.2) is 54.7 Å². The number of halogens is 1. The molecule has 0 aliphatic heterocycles. The maximum absolute atomic E-state index is 14.6. The lowest BCUT2D eigenvalue weighted by Gasteiger charge is -2.27. The Kier molecular flexibility index (Phi) is 8.04. The molecule has 1 aliphatic carbocycles. The quantitative estimate of drug-likeness (QED) is 0.307. The number of benzene rings is 2. The minimum Gasteiger partial charge on any atom is -0.457 e. The molecule has 1 fully saturated rings. The molecule has 37 heavy (non-hydrogen) atoms. The molecule has 5 rings (SSSR count). The summed E-state index contributed by atoms with van der Waals surface area (Å²) in [6, 6.07) is 13.2. The number of aromatic nitrogens is 2. The van der Waals surface area contributed by atoms with Gasteiger partial charge in [0.2, 0.25) is 0 Å². The zero-order valence-electron chi connectivity index (χ0n) is 20.1. The van der Waals surface area contributed by atoms with Gasteiger partial charge in [-0.2, -0.15) is 0 Å². The van der Waals surface area contributed by atoms with Crippen molar-refractivity contribution in [2.45, 2.75) is 45.3 Å². The smallest absolute Gasteiger partial charge is 0.253 e. The number of pyridine rings is 1. The van der Waals surface area contributed by atoms with E-state index < -0.39 is 5.82 Å². The van der Waals surface area contributed by atoms with E-state index in [9.17, 15) is 14.3 Å². The van der Waals surface area contributed by atoms with E-state index in [2.05, 4.69) is 15.3 Å². The molecule has 1 saturated carbocycles. The molecule has 2 aromatic heterocycles. The Hall–Kier alpha value is -3.56. The molecule has 2 aromatic carbocycles. The molecule has 0 radical (unpaired) electrons. The lowest BCUT2D eigenvalue weighted by molar-refractivity contribution is 0.0827. The number of anilines is 1. The van der Waals surface area contributed by atoms with Crippen molar-refractivity contribution < 1.29 is 19.0 Å². The van der Waals surface area contributed by atoms with Crippen LogP contribution >= 0.6 is 11.3 Å². The first-order chi connectivity index (χ1) is 17.4. The minimum absolute atomic E-state index is 0. The fraction of sp³-hybridized carbons (Fsp3) is 0.321. The Balaban J connectivity index is 0.00000320. The number of ether oxygens (including phenoxy) is 1. The summed E-state index contributed by atoms with van der Waals surface area (Å²) in [5, 5.41) is 14.4. The standard InChI is InChI=1S/C27H27FN4O3S.CH4/c1-32(2)26(34)16-7-9-20(28)19(13-16)23-14-18(11-12-29-23)35-17-8-10-22-25(15-17)36-27(31-22)30-21-5-3-4-6-24(21)33;/h7-15,21,24,33H,3-6H2,1-2H3,(H,30,31);1H4/t21-,24-;/m1./s1. The van der Waals surface area contributed by atoms with E-state index in [1.807, 2.05) is 18.2 Å². The summed E-state index contributed by atoms with van der Waals surface area (Å²) in [5.74, 6) is 0.429. The Morgan fingerprint density at radius 2 is 1.89 bits per heavy atom. The van der Waals surface area contributed by atoms with Gasteiger partial charge in [-0.05, 0) is 49.2 Å². The third-order valence-electron chi connectivity index (χ3n) is 6.26. The van der Waals surface area contributed by atoms with Crippen LogP contribution in [0.5, 0.6) is 11.5 Å². The Labute approximate surface area is 220 Å².